The molecule has 0 saturated carbocycles. The molecule has 1 unspecified atom stereocenters. The molecule has 0 saturated heterocycles. The summed E-state index contributed by atoms with van der Waals surface area (Å²) in [6.07, 6.45) is 1.76. The minimum Gasteiger partial charge on any atom is -0.315 e. The zero-order valence-electron chi connectivity index (χ0n) is 8.51. The molecule has 3 N–H and O–H groups in total. The van der Waals surface area contributed by atoms with Gasteiger partial charge in [-0.25, -0.2) is 18.5 Å². The predicted octanol–water partition coefficient (Wildman–Crippen LogP) is 0.125. The second-order valence-electron chi connectivity index (χ2n) is 3.34. The fourth-order valence-electron chi connectivity index (χ4n) is 1.10. The van der Waals surface area contributed by atoms with E-state index in [-0.39, 0.29) is 5.75 Å². The van der Waals surface area contributed by atoms with Crippen LogP contribution in [0.15, 0.2) is 11.6 Å². The first-order valence-corrected chi connectivity index (χ1v) is 7.19. The van der Waals surface area contributed by atoms with E-state index in [0.717, 1.165) is 5.01 Å². The monoisotopic (exact) mass is 249 g/mol. The Morgan fingerprint density at radius 1 is 1.67 bits per heavy atom. The molecular weight excluding hydrogens is 234 g/mol. The number of nitrogens with one attached hydrogen (secondary N) is 1. The van der Waals surface area contributed by atoms with Crippen LogP contribution >= 0.6 is 11.3 Å². The van der Waals surface area contributed by atoms with Crippen molar-refractivity contribution in [2.75, 3.05) is 18.8 Å². The number of rotatable bonds is 6. The molecule has 0 aliphatic heterocycles. The molecule has 0 aliphatic carbocycles. The average molecular weight is 249 g/mol. The van der Waals surface area contributed by atoms with Crippen molar-refractivity contribution in [3.05, 3.63) is 16.6 Å². The van der Waals surface area contributed by atoms with Crippen molar-refractivity contribution >= 4 is 21.4 Å². The van der Waals surface area contributed by atoms with E-state index in [4.69, 9.17) is 5.14 Å². The van der Waals surface area contributed by atoms with Crippen molar-refractivity contribution in [2.45, 2.75) is 12.8 Å². The van der Waals surface area contributed by atoms with Gasteiger partial charge in [-0.05, 0) is 0 Å². The summed E-state index contributed by atoms with van der Waals surface area (Å²) in [6.45, 7) is 3.14. The molecule has 1 aromatic heterocycles. The van der Waals surface area contributed by atoms with Crippen LogP contribution in [-0.2, 0) is 10.0 Å². The Balaban J connectivity index is 2.21. The molecule has 5 nitrogen and oxygen atoms in total. The van der Waals surface area contributed by atoms with Gasteiger partial charge in [0, 0.05) is 30.6 Å². The second kappa shape index (κ2) is 5.55. The minimum atomic E-state index is -3.35. The summed E-state index contributed by atoms with van der Waals surface area (Å²) < 4.78 is 21.3. The number of hydrogen-bond donors (Lipinski definition) is 2. The average Bonchev–Trinajstić information content (AvgIpc) is 2.63. The number of nitrogens with two attached hydrogens (primary N) is 1. The summed E-state index contributed by atoms with van der Waals surface area (Å²) in [4.78, 5) is 4.18. The van der Waals surface area contributed by atoms with E-state index >= 15 is 0 Å². The first kappa shape index (κ1) is 12.6. The molecule has 1 aromatic rings. The van der Waals surface area contributed by atoms with Crippen LogP contribution in [0.5, 0.6) is 0 Å². The highest BCUT2D eigenvalue weighted by Gasteiger charge is 2.08. The molecule has 0 bridgehead atoms. The SMILES string of the molecule is CC(CNCCS(N)(=O)=O)c1nccs1. The van der Waals surface area contributed by atoms with Crippen LogP contribution in [0.2, 0.25) is 0 Å². The van der Waals surface area contributed by atoms with Crippen molar-refractivity contribution in [1.82, 2.24) is 10.3 Å². The molecule has 86 valence electrons. The molecule has 1 rings (SSSR count). The van der Waals surface area contributed by atoms with Gasteiger partial charge in [0.05, 0.1) is 10.8 Å². The van der Waals surface area contributed by atoms with Crippen molar-refractivity contribution in [1.29, 1.82) is 0 Å². The lowest BCUT2D eigenvalue weighted by Crippen LogP contribution is -2.29. The largest absolute Gasteiger partial charge is 0.315 e. The molecule has 7 heteroatoms. The van der Waals surface area contributed by atoms with E-state index in [2.05, 4.69) is 10.3 Å². The van der Waals surface area contributed by atoms with Crippen LogP contribution in [0.3, 0.4) is 0 Å². The van der Waals surface area contributed by atoms with Gasteiger partial charge < -0.3 is 5.32 Å². The van der Waals surface area contributed by atoms with Crippen LogP contribution < -0.4 is 10.5 Å². The van der Waals surface area contributed by atoms with Crippen molar-refractivity contribution in [3.8, 4) is 0 Å². The number of sulfonamides is 1. The standard InChI is InChI=1S/C8H15N3O2S2/c1-7(8-11-2-4-14-8)6-10-3-5-15(9,12)13/h2,4,7,10H,3,5-6H2,1H3,(H2,9,12,13). The summed E-state index contributed by atoms with van der Waals surface area (Å²) >= 11 is 1.60. The van der Waals surface area contributed by atoms with Gasteiger partial charge in [-0.15, -0.1) is 11.3 Å². The van der Waals surface area contributed by atoms with Gasteiger partial charge in [0.1, 0.15) is 0 Å². The number of hydrogen-bond acceptors (Lipinski definition) is 5. The predicted molar refractivity (Wildman–Crippen MR) is 61.4 cm³/mol. The molecule has 0 aromatic carbocycles. The first-order chi connectivity index (χ1) is 6.99. The van der Waals surface area contributed by atoms with Crippen LogP contribution in [-0.4, -0.2) is 32.2 Å². The summed E-state index contributed by atoms with van der Waals surface area (Å²) in [5, 5.41) is 10.9. The van der Waals surface area contributed by atoms with E-state index in [9.17, 15) is 8.42 Å². The lowest BCUT2D eigenvalue weighted by atomic mass is 10.2. The molecule has 0 aliphatic rings. The molecule has 0 amide bonds. The molecule has 0 radical (unpaired) electrons. The summed E-state index contributed by atoms with van der Waals surface area (Å²) in [7, 11) is -3.35. The smallest absolute Gasteiger partial charge is 0.210 e. The Morgan fingerprint density at radius 2 is 2.40 bits per heavy atom. The third kappa shape index (κ3) is 5.22. The molecule has 1 heterocycles. The number of aromatic nitrogens is 1. The molecule has 1 atom stereocenters. The van der Waals surface area contributed by atoms with Gasteiger partial charge in [-0.2, -0.15) is 0 Å². The van der Waals surface area contributed by atoms with Crippen LogP contribution in [0.4, 0.5) is 0 Å². The minimum absolute atomic E-state index is 0.0302. The van der Waals surface area contributed by atoms with Crippen molar-refractivity contribution in [3.63, 3.8) is 0 Å². The lowest BCUT2D eigenvalue weighted by Gasteiger charge is -2.09. The zero-order chi connectivity index (χ0) is 11.3. The van der Waals surface area contributed by atoms with Crippen LogP contribution in [0.25, 0.3) is 0 Å². The normalized spacial score (nSPS) is 14.0. The fraction of sp³-hybridized carbons (Fsp3) is 0.625. The van der Waals surface area contributed by atoms with E-state index in [0.29, 0.717) is 19.0 Å². The Morgan fingerprint density at radius 3 is 2.93 bits per heavy atom. The topological polar surface area (TPSA) is 85.1 Å². The quantitative estimate of drug-likeness (QED) is 0.702. The van der Waals surface area contributed by atoms with E-state index in [1.165, 1.54) is 0 Å². The van der Waals surface area contributed by atoms with Gasteiger partial charge in [-0.3, -0.25) is 0 Å². The van der Waals surface area contributed by atoms with Gasteiger partial charge in [-0.1, -0.05) is 6.92 Å². The Bertz CT molecular complexity index is 375. The Labute approximate surface area is 93.8 Å². The van der Waals surface area contributed by atoms with Gasteiger partial charge >= 0.3 is 0 Å². The summed E-state index contributed by atoms with van der Waals surface area (Å²) in [5.74, 6) is 0.267. The van der Waals surface area contributed by atoms with Crippen molar-refractivity contribution in [2.24, 2.45) is 5.14 Å². The number of primary sulfonamides is 1. The maximum atomic E-state index is 10.6. The molecule has 0 spiro atoms. The lowest BCUT2D eigenvalue weighted by molar-refractivity contribution is 0.586. The second-order valence-corrected chi connectivity index (χ2v) is 6.00. The third-order valence-electron chi connectivity index (χ3n) is 1.89. The van der Waals surface area contributed by atoms with Crippen molar-refractivity contribution < 1.29 is 8.42 Å². The maximum absolute atomic E-state index is 10.6. The molecular formula is C8H15N3O2S2. The van der Waals surface area contributed by atoms with E-state index < -0.39 is 10.0 Å². The highest BCUT2D eigenvalue weighted by molar-refractivity contribution is 7.89. The zero-order valence-corrected chi connectivity index (χ0v) is 10.1. The fourth-order valence-corrected chi connectivity index (χ4v) is 2.23. The van der Waals surface area contributed by atoms with Crippen LogP contribution in [0.1, 0.15) is 17.8 Å². The van der Waals surface area contributed by atoms with E-state index in [1.54, 1.807) is 17.5 Å². The highest BCUT2D eigenvalue weighted by atomic mass is 32.2. The molecule has 15 heavy (non-hydrogen) atoms. The summed E-state index contributed by atoms with van der Waals surface area (Å²) in [6, 6.07) is 0. The highest BCUT2D eigenvalue weighted by Crippen LogP contribution is 2.15. The maximum Gasteiger partial charge on any atom is 0.210 e. The molecule has 0 fully saturated rings. The first-order valence-electron chi connectivity index (χ1n) is 4.59. The summed E-state index contributed by atoms with van der Waals surface area (Å²) in [5.41, 5.74) is 0. The Kier molecular flexibility index (Phi) is 4.65. The number of thiazole rings is 1. The number of nitrogens with zero attached hydrogens (tertiary/aromatic N) is 1. The van der Waals surface area contributed by atoms with Gasteiger partial charge in [0.15, 0.2) is 0 Å². The Hall–Kier alpha value is -0.500. The van der Waals surface area contributed by atoms with Gasteiger partial charge in [0.25, 0.3) is 0 Å². The van der Waals surface area contributed by atoms with Crippen LogP contribution in [0, 0.1) is 0 Å². The van der Waals surface area contributed by atoms with E-state index in [1.807, 2.05) is 12.3 Å². The van der Waals surface area contributed by atoms with Gasteiger partial charge in [0.2, 0.25) is 10.0 Å². The third-order valence-corrected chi connectivity index (χ3v) is 3.67.